The summed E-state index contributed by atoms with van der Waals surface area (Å²) in [6.07, 6.45) is 0. The van der Waals surface area contributed by atoms with Crippen molar-refractivity contribution in [2.75, 3.05) is 18.8 Å². The Morgan fingerprint density at radius 3 is 2.28 bits per heavy atom. The Hall–Kier alpha value is -1.65. The average molecular weight is 414 g/mol. The van der Waals surface area contributed by atoms with Gasteiger partial charge in [-0.15, -0.1) is 0 Å². The van der Waals surface area contributed by atoms with Gasteiger partial charge in [-0.25, -0.2) is 0 Å². The monoisotopic (exact) mass is 415 g/mol. The first-order valence-electron chi connectivity index (χ1n) is 8.23. The van der Waals surface area contributed by atoms with Gasteiger partial charge in [0.1, 0.15) is 0 Å². The molecule has 0 bridgehead atoms. The maximum atomic E-state index is 13.2. The van der Waals surface area contributed by atoms with Gasteiger partial charge in [-0.3, -0.25) is 0 Å². The van der Waals surface area contributed by atoms with Gasteiger partial charge in [-0.1, -0.05) is 0 Å². The number of thioether (sulfide) groups is 1. The SMILES string of the molecule is O=C1C([Se]c2ccccc2)=C(C2CNCCS2)C(=O)c2ccccc21. The van der Waals surface area contributed by atoms with Gasteiger partial charge in [-0.2, -0.15) is 0 Å². The fraction of sp³-hybridized carbons (Fsp3) is 0.200. The van der Waals surface area contributed by atoms with Gasteiger partial charge in [0.2, 0.25) is 0 Å². The number of benzene rings is 2. The van der Waals surface area contributed by atoms with Gasteiger partial charge in [0.05, 0.1) is 0 Å². The number of Topliss-reactive ketones (excluding diaryl/α,β-unsaturated/α-hetero) is 2. The summed E-state index contributed by atoms with van der Waals surface area (Å²) < 4.78 is 1.85. The first-order chi connectivity index (χ1) is 12.3. The van der Waals surface area contributed by atoms with E-state index in [-0.39, 0.29) is 31.8 Å². The van der Waals surface area contributed by atoms with Crippen LogP contribution in [0.5, 0.6) is 0 Å². The molecule has 0 radical (unpaired) electrons. The maximum absolute atomic E-state index is 13.2. The number of nitrogens with one attached hydrogen (secondary N) is 1. The molecule has 2 aliphatic rings. The van der Waals surface area contributed by atoms with E-state index in [2.05, 4.69) is 5.32 Å². The standard InChI is InChI=1S/C20H17NO2SSe/c22-18-14-8-4-5-9-15(14)19(23)20(25-13-6-2-1-3-7-13)17(18)16-12-21-10-11-24-16/h1-9,16,21H,10-12H2. The van der Waals surface area contributed by atoms with Crippen molar-refractivity contribution < 1.29 is 9.59 Å². The van der Waals surface area contributed by atoms with Crippen LogP contribution in [-0.2, 0) is 0 Å². The van der Waals surface area contributed by atoms with E-state index in [0.717, 1.165) is 33.3 Å². The molecular formula is C20H17NO2SSe. The van der Waals surface area contributed by atoms with Crippen LogP contribution < -0.4 is 9.78 Å². The van der Waals surface area contributed by atoms with Crippen LogP contribution in [0.4, 0.5) is 0 Å². The summed E-state index contributed by atoms with van der Waals surface area (Å²) in [6.45, 7) is 1.70. The van der Waals surface area contributed by atoms with E-state index in [1.807, 2.05) is 42.5 Å². The number of rotatable bonds is 3. The molecule has 0 aromatic heterocycles. The number of carbonyl (C=O) groups is 2. The Balaban J connectivity index is 1.82. The topological polar surface area (TPSA) is 46.2 Å². The molecule has 1 saturated heterocycles. The van der Waals surface area contributed by atoms with Crippen molar-refractivity contribution in [2.45, 2.75) is 5.25 Å². The number of ketones is 2. The first kappa shape index (κ1) is 16.8. The van der Waals surface area contributed by atoms with Crippen LogP contribution in [0.1, 0.15) is 20.7 Å². The molecule has 1 N–H and O–H groups in total. The third kappa shape index (κ3) is 3.25. The zero-order valence-electron chi connectivity index (χ0n) is 13.5. The van der Waals surface area contributed by atoms with E-state index < -0.39 is 0 Å². The van der Waals surface area contributed by atoms with E-state index in [4.69, 9.17) is 0 Å². The molecule has 0 amide bonds. The summed E-state index contributed by atoms with van der Waals surface area (Å²) in [5.74, 6) is 1.02. The summed E-state index contributed by atoms with van der Waals surface area (Å²) in [6, 6.07) is 17.2. The van der Waals surface area contributed by atoms with Gasteiger partial charge >= 0.3 is 158 Å². The van der Waals surface area contributed by atoms with Gasteiger partial charge in [0, 0.05) is 0 Å². The predicted molar refractivity (Wildman–Crippen MR) is 103 cm³/mol. The Kier molecular flexibility index (Phi) is 4.91. The van der Waals surface area contributed by atoms with Crippen LogP contribution in [0, 0.1) is 0 Å². The molecule has 5 heteroatoms. The molecule has 2 aromatic carbocycles. The zero-order chi connectivity index (χ0) is 17.2. The van der Waals surface area contributed by atoms with Crippen molar-refractivity contribution in [2.24, 2.45) is 0 Å². The summed E-state index contributed by atoms with van der Waals surface area (Å²) in [7, 11) is 0. The Morgan fingerprint density at radius 1 is 0.920 bits per heavy atom. The summed E-state index contributed by atoms with van der Waals surface area (Å²) in [4.78, 5) is 26.4. The fourth-order valence-corrected chi connectivity index (χ4v) is 6.72. The molecule has 1 unspecified atom stereocenters. The van der Waals surface area contributed by atoms with E-state index in [1.54, 1.807) is 23.9 Å². The van der Waals surface area contributed by atoms with Crippen molar-refractivity contribution in [3.63, 3.8) is 0 Å². The first-order valence-corrected chi connectivity index (χ1v) is 11.0. The molecule has 3 nitrogen and oxygen atoms in total. The molecule has 0 saturated carbocycles. The molecule has 1 aliphatic heterocycles. The van der Waals surface area contributed by atoms with Crippen LogP contribution >= 0.6 is 11.8 Å². The minimum atomic E-state index is -0.172. The minimum absolute atomic E-state index is 0.0280. The zero-order valence-corrected chi connectivity index (χ0v) is 16.1. The molecule has 1 aliphatic carbocycles. The van der Waals surface area contributed by atoms with Gasteiger partial charge in [0.15, 0.2) is 0 Å². The Morgan fingerprint density at radius 2 is 1.60 bits per heavy atom. The quantitative estimate of drug-likeness (QED) is 0.782. The number of hydrogen-bond acceptors (Lipinski definition) is 4. The average Bonchev–Trinajstić information content (AvgIpc) is 2.68. The van der Waals surface area contributed by atoms with Crippen LogP contribution in [0.3, 0.4) is 0 Å². The van der Waals surface area contributed by atoms with Crippen LogP contribution in [0.25, 0.3) is 0 Å². The van der Waals surface area contributed by atoms with Gasteiger partial charge < -0.3 is 0 Å². The molecule has 2 aromatic rings. The number of hydrogen-bond donors (Lipinski definition) is 1. The number of allylic oxidation sites excluding steroid dienone is 1. The normalized spacial score (nSPS) is 20.6. The fourth-order valence-electron chi connectivity index (χ4n) is 3.12. The molecular weight excluding hydrogens is 397 g/mol. The second kappa shape index (κ2) is 7.30. The van der Waals surface area contributed by atoms with Gasteiger partial charge in [0.25, 0.3) is 0 Å². The van der Waals surface area contributed by atoms with Crippen molar-refractivity contribution in [1.82, 2.24) is 5.32 Å². The van der Waals surface area contributed by atoms with E-state index in [1.165, 1.54) is 0 Å². The van der Waals surface area contributed by atoms with Crippen LogP contribution in [0.15, 0.2) is 64.6 Å². The molecule has 1 atom stereocenters. The summed E-state index contributed by atoms with van der Waals surface area (Å²) in [5, 5.41) is 3.42. The van der Waals surface area contributed by atoms with E-state index >= 15 is 0 Å². The third-order valence-electron chi connectivity index (χ3n) is 4.32. The third-order valence-corrected chi connectivity index (χ3v) is 7.91. The number of fused-ring (bicyclic) bond motifs is 1. The van der Waals surface area contributed by atoms with Crippen molar-refractivity contribution >= 4 is 42.7 Å². The molecule has 1 heterocycles. The molecule has 25 heavy (non-hydrogen) atoms. The molecule has 126 valence electrons. The summed E-state index contributed by atoms with van der Waals surface area (Å²) >= 11 is 1.61. The molecule has 0 spiro atoms. The van der Waals surface area contributed by atoms with Gasteiger partial charge in [-0.05, 0) is 0 Å². The Bertz CT molecular complexity index is 857. The summed E-state index contributed by atoms with van der Waals surface area (Å²) in [5.41, 5.74) is 1.84. The van der Waals surface area contributed by atoms with E-state index in [0.29, 0.717) is 11.1 Å². The van der Waals surface area contributed by atoms with Crippen molar-refractivity contribution in [3.8, 4) is 0 Å². The Labute approximate surface area is 157 Å². The second-order valence-corrected chi connectivity index (χ2v) is 9.51. The molecule has 1 fully saturated rings. The van der Waals surface area contributed by atoms with Crippen LogP contribution in [0.2, 0.25) is 0 Å². The van der Waals surface area contributed by atoms with Crippen molar-refractivity contribution in [1.29, 1.82) is 0 Å². The van der Waals surface area contributed by atoms with E-state index in [9.17, 15) is 9.59 Å². The predicted octanol–water partition coefficient (Wildman–Crippen LogP) is 2.05. The second-order valence-electron chi connectivity index (χ2n) is 5.93. The van der Waals surface area contributed by atoms with Crippen molar-refractivity contribution in [3.05, 3.63) is 75.8 Å². The van der Waals surface area contributed by atoms with Crippen LogP contribution in [-0.4, -0.2) is 50.6 Å². The molecule has 4 rings (SSSR count). The number of carbonyl (C=O) groups excluding carboxylic acids is 2.